The van der Waals surface area contributed by atoms with Crippen molar-refractivity contribution in [3.05, 3.63) is 70.7 Å². The highest BCUT2D eigenvalue weighted by Crippen LogP contribution is 2.32. The zero-order valence-corrected chi connectivity index (χ0v) is 19.7. The molecule has 0 spiro atoms. The summed E-state index contributed by atoms with van der Waals surface area (Å²) in [6, 6.07) is 16.6. The number of hydrogen-bond donors (Lipinski definition) is 1. The fourth-order valence-electron chi connectivity index (χ4n) is 3.47. The van der Waals surface area contributed by atoms with Crippen molar-refractivity contribution in [3.8, 4) is 23.0 Å². The van der Waals surface area contributed by atoms with Gasteiger partial charge < -0.3 is 19.2 Å². The van der Waals surface area contributed by atoms with Gasteiger partial charge >= 0.3 is 0 Å². The van der Waals surface area contributed by atoms with Crippen LogP contribution in [-0.4, -0.2) is 24.6 Å². The van der Waals surface area contributed by atoms with Gasteiger partial charge in [-0.15, -0.1) is 0 Å². The number of anilines is 1. The van der Waals surface area contributed by atoms with Crippen molar-refractivity contribution >= 4 is 34.3 Å². The smallest absolute Gasteiger partial charge is 0.262 e. The molecule has 4 aromatic rings. The number of benzene rings is 3. The molecule has 1 heterocycles. The molecule has 0 radical (unpaired) electrons. The molecular weight excluding hydrogens is 440 g/mol. The van der Waals surface area contributed by atoms with E-state index in [-0.39, 0.29) is 12.5 Å². The van der Waals surface area contributed by atoms with E-state index < -0.39 is 0 Å². The second kappa shape index (κ2) is 9.55. The third kappa shape index (κ3) is 5.12. The second-order valence-corrected chi connectivity index (χ2v) is 8.50. The van der Waals surface area contributed by atoms with Crippen LogP contribution in [0.4, 0.5) is 5.69 Å². The predicted molar refractivity (Wildman–Crippen MR) is 130 cm³/mol. The van der Waals surface area contributed by atoms with Crippen molar-refractivity contribution in [1.82, 2.24) is 4.98 Å². The molecule has 0 aliphatic rings. The summed E-state index contributed by atoms with van der Waals surface area (Å²) in [4.78, 5) is 17.2. The Labute approximate surface area is 197 Å². The molecule has 0 saturated heterocycles. The molecule has 0 fully saturated rings. The lowest BCUT2D eigenvalue weighted by atomic mass is 10.0. The molecule has 1 aromatic heterocycles. The van der Waals surface area contributed by atoms with Crippen LogP contribution in [0.1, 0.15) is 30.9 Å². The molecule has 0 atom stereocenters. The van der Waals surface area contributed by atoms with E-state index in [0.29, 0.717) is 39.6 Å². The Hall–Kier alpha value is -3.51. The van der Waals surface area contributed by atoms with Gasteiger partial charge in [0, 0.05) is 10.6 Å². The molecule has 0 unspecified atom stereocenters. The van der Waals surface area contributed by atoms with Crippen molar-refractivity contribution in [2.75, 3.05) is 19.0 Å². The first-order chi connectivity index (χ1) is 15.8. The fourth-order valence-corrected chi connectivity index (χ4v) is 3.70. The van der Waals surface area contributed by atoms with Crippen LogP contribution in [0.5, 0.6) is 11.5 Å². The van der Waals surface area contributed by atoms with Crippen LogP contribution < -0.4 is 14.8 Å². The number of aromatic nitrogens is 1. The number of amides is 1. The highest BCUT2D eigenvalue weighted by atomic mass is 35.5. The summed E-state index contributed by atoms with van der Waals surface area (Å²) in [6.07, 6.45) is 0. The van der Waals surface area contributed by atoms with Crippen molar-refractivity contribution < 1.29 is 18.7 Å². The van der Waals surface area contributed by atoms with Gasteiger partial charge in [0.1, 0.15) is 17.0 Å². The zero-order chi connectivity index (χ0) is 23.5. The Bertz CT molecular complexity index is 1310. The number of rotatable bonds is 7. The average molecular weight is 465 g/mol. The first-order valence-electron chi connectivity index (χ1n) is 10.6. The summed E-state index contributed by atoms with van der Waals surface area (Å²) in [7, 11) is 1.55. The standard InChI is InChI=1S/C26H25ClN2O4/c1-15(2)17-5-9-24-21(12-17)29-26(33-24)18-6-8-23(31-4)20(13-18)28-25(30)14-32-22-10-7-19(27)11-16(22)3/h5-13,15H,14H2,1-4H3,(H,28,30). The monoisotopic (exact) mass is 464 g/mol. The second-order valence-electron chi connectivity index (χ2n) is 8.06. The van der Waals surface area contributed by atoms with Gasteiger partial charge in [-0.3, -0.25) is 4.79 Å². The van der Waals surface area contributed by atoms with Crippen LogP contribution in [0.25, 0.3) is 22.6 Å². The molecule has 7 heteroatoms. The highest BCUT2D eigenvalue weighted by Gasteiger charge is 2.15. The van der Waals surface area contributed by atoms with Crippen LogP contribution in [0, 0.1) is 6.92 Å². The molecule has 170 valence electrons. The number of halogens is 1. The third-order valence-electron chi connectivity index (χ3n) is 5.29. The predicted octanol–water partition coefficient (Wildman–Crippen LogP) is 6.61. The SMILES string of the molecule is COc1ccc(-c2nc3cc(C(C)C)ccc3o2)cc1NC(=O)COc1ccc(Cl)cc1C. The number of aryl methyl sites for hydroxylation is 1. The molecule has 33 heavy (non-hydrogen) atoms. The Morgan fingerprint density at radius 2 is 1.88 bits per heavy atom. The molecule has 6 nitrogen and oxygen atoms in total. The van der Waals surface area contributed by atoms with Crippen LogP contribution >= 0.6 is 11.6 Å². The first-order valence-corrected chi connectivity index (χ1v) is 11.0. The molecule has 4 rings (SSSR count). The number of carbonyl (C=O) groups excluding carboxylic acids is 1. The normalized spacial score (nSPS) is 11.1. The van der Waals surface area contributed by atoms with Crippen LogP contribution in [0.3, 0.4) is 0 Å². The van der Waals surface area contributed by atoms with E-state index in [1.54, 1.807) is 37.4 Å². The lowest BCUT2D eigenvalue weighted by Gasteiger charge is -2.13. The Kier molecular flexibility index (Phi) is 6.56. The summed E-state index contributed by atoms with van der Waals surface area (Å²) >= 11 is 5.97. The molecular formula is C26H25ClN2O4. The van der Waals surface area contributed by atoms with Crippen LogP contribution in [-0.2, 0) is 4.79 Å². The number of fused-ring (bicyclic) bond motifs is 1. The van der Waals surface area contributed by atoms with E-state index in [2.05, 4.69) is 24.1 Å². The van der Waals surface area contributed by atoms with E-state index in [9.17, 15) is 4.79 Å². The van der Waals surface area contributed by atoms with E-state index in [0.717, 1.165) is 16.6 Å². The van der Waals surface area contributed by atoms with E-state index >= 15 is 0 Å². The van der Waals surface area contributed by atoms with Gasteiger partial charge in [-0.1, -0.05) is 31.5 Å². The van der Waals surface area contributed by atoms with Gasteiger partial charge in [-0.05, 0) is 72.5 Å². The largest absolute Gasteiger partial charge is 0.495 e. The molecule has 0 saturated carbocycles. The maximum Gasteiger partial charge on any atom is 0.262 e. The third-order valence-corrected chi connectivity index (χ3v) is 5.53. The van der Waals surface area contributed by atoms with E-state index in [4.69, 9.17) is 25.5 Å². The quantitative estimate of drug-likeness (QED) is 0.333. The number of carbonyl (C=O) groups is 1. The summed E-state index contributed by atoms with van der Waals surface area (Å²) in [6.45, 7) is 5.99. The molecule has 0 aliphatic heterocycles. The minimum absolute atomic E-state index is 0.156. The number of nitrogens with zero attached hydrogens (tertiary/aromatic N) is 1. The van der Waals surface area contributed by atoms with E-state index in [1.807, 2.05) is 31.2 Å². The van der Waals surface area contributed by atoms with Gasteiger partial charge in [-0.25, -0.2) is 4.98 Å². The van der Waals surface area contributed by atoms with Gasteiger partial charge in [0.05, 0.1) is 12.8 Å². The molecule has 1 N–H and O–H groups in total. The number of methoxy groups -OCH3 is 1. The van der Waals surface area contributed by atoms with Crippen molar-refractivity contribution in [1.29, 1.82) is 0 Å². The summed E-state index contributed by atoms with van der Waals surface area (Å²) in [5.41, 5.74) is 4.78. The minimum atomic E-state index is -0.320. The van der Waals surface area contributed by atoms with Crippen LogP contribution in [0.15, 0.2) is 59.0 Å². The maximum absolute atomic E-state index is 12.6. The van der Waals surface area contributed by atoms with Crippen molar-refractivity contribution in [2.45, 2.75) is 26.7 Å². The van der Waals surface area contributed by atoms with Crippen LogP contribution in [0.2, 0.25) is 5.02 Å². The van der Waals surface area contributed by atoms with Gasteiger partial charge in [0.25, 0.3) is 5.91 Å². The zero-order valence-electron chi connectivity index (χ0n) is 18.9. The Morgan fingerprint density at radius 3 is 2.61 bits per heavy atom. The minimum Gasteiger partial charge on any atom is -0.495 e. The molecule has 0 bridgehead atoms. The summed E-state index contributed by atoms with van der Waals surface area (Å²) in [5.74, 6) is 1.67. The van der Waals surface area contributed by atoms with Gasteiger partial charge in [-0.2, -0.15) is 0 Å². The molecule has 0 aliphatic carbocycles. The lowest BCUT2D eigenvalue weighted by Crippen LogP contribution is -2.20. The number of oxazole rings is 1. The lowest BCUT2D eigenvalue weighted by molar-refractivity contribution is -0.118. The van der Waals surface area contributed by atoms with Gasteiger partial charge in [0.2, 0.25) is 5.89 Å². The van der Waals surface area contributed by atoms with Crippen molar-refractivity contribution in [2.24, 2.45) is 0 Å². The van der Waals surface area contributed by atoms with Gasteiger partial charge in [0.15, 0.2) is 12.2 Å². The summed E-state index contributed by atoms with van der Waals surface area (Å²) in [5, 5.41) is 3.46. The summed E-state index contributed by atoms with van der Waals surface area (Å²) < 4.78 is 17.0. The molecule has 1 amide bonds. The van der Waals surface area contributed by atoms with Crippen molar-refractivity contribution in [3.63, 3.8) is 0 Å². The Morgan fingerprint density at radius 1 is 1.09 bits per heavy atom. The average Bonchev–Trinajstić information content (AvgIpc) is 3.22. The van der Waals surface area contributed by atoms with E-state index in [1.165, 1.54) is 5.56 Å². The number of nitrogens with one attached hydrogen (secondary N) is 1. The first kappa shape index (κ1) is 22.7. The molecule has 3 aromatic carbocycles. The maximum atomic E-state index is 12.6. The highest BCUT2D eigenvalue weighted by molar-refractivity contribution is 6.30. The number of ether oxygens (including phenoxy) is 2. The topological polar surface area (TPSA) is 73.6 Å². The number of hydrogen-bond acceptors (Lipinski definition) is 5. The fraction of sp³-hybridized carbons (Fsp3) is 0.231. The Balaban J connectivity index is 1.54.